The SMILES string of the molecule is Cc1cc(C(=O)N2CCCNCC2)ccc1NC(=O)c1cc(F)cc(F)c1. The summed E-state index contributed by atoms with van der Waals surface area (Å²) in [5, 5.41) is 5.88. The number of hydrogen-bond acceptors (Lipinski definition) is 3. The number of nitrogens with zero attached hydrogens (tertiary/aromatic N) is 1. The molecule has 0 saturated carbocycles. The Morgan fingerprint density at radius 1 is 1.00 bits per heavy atom. The Bertz CT molecular complexity index is 842. The molecule has 1 fully saturated rings. The van der Waals surface area contributed by atoms with E-state index < -0.39 is 17.5 Å². The van der Waals surface area contributed by atoms with Crippen LogP contribution < -0.4 is 10.6 Å². The van der Waals surface area contributed by atoms with Gasteiger partial charge >= 0.3 is 0 Å². The summed E-state index contributed by atoms with van der Waals surface area (Å²) in [4.78, 5) is 26.7. The molecule has 142 valence electrons. The quantitative estimate of drug-likeness (QED) is 0.870. The molecule has 0 unspecified atom stereocenters. The minimum atomic E-state index is -0.815. The van der Waals surface area contributed by atoms with Gasteiger partial charge < -0.3 is 15.5 Å². The van der Waals surface area contributed by atoms with Crippen LogP contribution in [0.1, 0.15) is 32.7 Å². The third-order valence-electron chi connectivity index (χ3n) is 4.47. The Labute approximate surface area is 156 Å². The number of carbonyl (C=O) groups is 2. The fourth-order valence-corrected chi connectivity index (χ4v) is 3.05. The number of hydrogen-bond donors (Lipinski definition) is 2. The Hall–Kier alpha value is -2.80. The third kappa shape index (κ3) is 4.68. The lowest BCUT2D eigenvalue weighted by atomic mass is 10.1. The second kappa shape index (κ2) is 8.26. The summed E-state index contributed by atoms with van der Waals surface area (Å²) < 4.78 is 26.6. The van der Waals surface area contributed by atoms with Gasteiger partial charge in [-0.1, -0.05) is 0 Å². The average Bonchev–Trinajstić information content (AvgIpc) is 2.91. The molecule has 2 aromatic carbocycles. The first-order valence-corrected chi connectivity index (χ1v) is 8.82. The van der Waals surface area contributed by atoms with Gasteiger partial charge in [0.25, 0.3) is 11.8 Å². The first-order valence-electron chi connectivity index (χ1n) is 8.82. The van der Waals surface area contributed by atoms with Gasteiger partial charge in [0.15, 0.2) is 0 Å². The van der Waals surface area contributed by atoms with Crippen LogP contribution in [0.5, 0.6) is 0 Å². The Morgan fingerprint density at radius 2 is 1.74 bits per heavy atom. The van der Waals surface area contributed by atoms with E-state index in [2.05, 4.69) is 10.6 Å². The van der Waals surface area contributed by atoms with Gasteiger partial charge in [0.05, 0.1) is 0 Å². The molecular weight excluding hydrogens is 352 g/mol. The molecule has 7 heteroatoms. The molecule has 1 heterocycles. The number of rotatable bonds is 3. The Morgan fingerprint density at radius 3 is 2.44 bits per heavy atom. The summed E-state index contributed by atoms with van der Waals surface area (Å²) in [6, 6.07) is 7.64. The number of halogens is 2. The molecule has 2 amide bonds. The van der Waals surface area contributed by atoms with E-state index in [-0.39, 0.29) is 11.5 Å². The summed E-state index contributed by atoms with van der Waals surface area (Å²) in [5.41, 5.74) is 1.62. The van der Waals surface area contributed by atoms with Crippen molar-refractivity contribution in [3.8, 4) is 0 Å². The fraction of sp³-hybridized carbons (Fsp3) is 0.300. The monoisotopic (exact) mass is 373 g/mol. The first kappa shape index (κ1) is 19.0. The van der Waals surface area contributed by atoms with Crippen molar-refractivity contribution in [2.24, 2.45) is 0 Å². The number of anilines is 1. The minimum absolute atomic E-state index is 0.0492. The van der Waals surface area contributed by atoms with Gasteiger partial charge in [-0.2, -0.15) is 0 Å². The third-order valence-corrected chi connectivity index (χ3v) is 4.47. The first-order chi connectivity index (χ1) is 12.9. The molecule has 0 radical (unpaired) electrons. The number of benzene rings is 2. The van der Waals surface area contributed by atoms with Crippen molar-refractivity contribution >= 4 is 17.5 Å². The van der Waals surface area contributed by atoms with Crippen molar-refractivity contribution in [2.45, 2.75) is 13.3 Å². The molecule has 27 heavy (non-hydrogen) atoms. The van der Waals surface area contributed by atoms with Crippen molar-refractivity contribution in [2.75, 3.05) is 31.5 Å². The van der Waals surface area contributed by atoms with E-state index in [9.17, 15) is 18.4 Å². The highest BCUT2D eigenvalue weighted by Gasteiger charge is 2.18. The van der Waals surface area contributed by atoms with Gasteiger partial charge in [-0.25, -0.2) is 8.78 Å². The van der Waals surface area contributed by atoms with Crippen LogP contribution in [-0.2, 0) is 0 Å². The summed E-state index contributed by atoms with van der Waals surface area (Å²) >= 11 is 0. The average molecular weight is 373 g/mol. The van der Waals surface area contributed by atoms with Crippen molar-refractivity contribution in [3.63, 3.8) is 0 Å². The Balaban J connectivity index is 1.74. The van der Waals surface area contributed by atoms with Crippen LogP contribution in [0, 0.1) is 18.6 Å². The standard InChI is InChI=1S/C20H21F2N3O2/c1-13-9-14(20(27)25-7-2-5-23-6-8-25)3-4-18(13)24-19(26)15-10-16(21)12-17(22)11-15/h3-4,9-12,23H,2,5-8H2,1H3,(H,24,26). The summed E-state index contributed by atoms with van der Waals surface area (Å²) in [7, 11) is 0. The van der Waals surface area contributed by atoms with Crippen LogP contribution in [0.15, 0.2) is 36.4 Å². The van der Waals surface area contributed by atoms with E-state index in [0.29, 0.717) is 36.0 Å². The summed E-state index contributed by atoms with van der Waals surface area (Å²) in [5.74, 6) is -2.30. The zero-order chi connectivity index (χ0) is 19.4. The summed E-state index contributed by atoms with van der Waals surface area (Å²) in [6.07, 6.45) is 0.906. The van der Waals surface area contributed by atoms with Crippen LogP contribution >= 0.6 is 0 Å². The number of amides is 2. The number of nitrogens with one attached hydrogen (secondary N) is 2. The maximum Gasteiger partial charge on any atom is 0.255 e. The van der Waals surface area contributed by atoms with Gasteiger partial charge in [-0.3, -0.25) is 9.59 Å². The van der Waals surface area contributed by atoms with Gasteiger partial charge in [0, 0.05) is 42.5 Å². The molecule has 5 nitrogen and oxygen atoms in total. The Kier molecular flexibility index (Phi) is 5.81. The molecule has 0 aromatic heterocycles. The molecule has 0 atom stereocenters. The van der Waals surface area contributed by atoms with Crippen LogP contribution in [-0.4, -0.2) is 42.9 Å². The molecule has 3 rings (SSSR count). The lowest BCUT2D eigenvalue weighted by molar-refractivity contribution is 0.0766. The van der Waals surface area contributed by atoms with Crippen molar-refractivity contribution in [1.82, 2.24) is 10.2 Å². The molecule has 1 aliphatic rings. The maximum absolute atomic E-state index is 13.3. The highest BCUT2D eigenvalue weighted by Crippen LogP contribution is 2.19. The van der Waals surface area contributed by atoms with Crippen LogP contribution in [0.3, 0.4) is 0 Å². The predicted octanol–water partition coefficient (Wildman–Crippen LogP) is 2.96. The highest BCUT2D eigenvalue weighted by atomic mass is 19.1. The molecule has 1 saturated heterocycles. The van der Waals surface area contributed by atoms with Crippen molar-refractivity contribution in [3.05, 3.63) is 64.7 Å². The van der Waals surface area contributed by atoms with E-state index in [1.807, 2.05) is 4.90 Å². The second-order valence-corrected chi connectivity index (χ2v) is 6.54. The number of carbonyl (C=O) groups excluding carboxylic acids is 2. The molecule has 2 aromatic rings. The van der Waals surface area contributed by atoms with E-state index in [1.165, 1.54) is 0 Å². The van der Waals surface area contributed by atoms with Crippen LogP contribution in [0.4, 0.5) is 14.5 Å². The molecular formula is C20H21F2N3O2. The highest BCUT2D eigenvalue weighted by molar-refractivity contribution is 6.05. The lowest BCUT2D eigenvalue weighted by Crippen LogP contribution is -2.34. The van der Waals surface area contributed by atoms with Gasteiger partial charge in [-0.05, 0) is 55.8 Å². The van der Waals surface area contributed by atoms with Crippen LogP contribution in [0.2, 0.25) is 0 Å². The van der Waals surface area contributed by atoms with Crippen molar-refractivity contribution in [1.29, 1.82) is 0 Å². The zero-order valence-electron chi connectivity index (χ0n) is 15.0. The largest absolute Gasteiger partial charge is 0.337 e. The molecule has 0 aliphatic carbocycles. The molecule has 1 aliphatic heterocycles. The van der Waals surface area contributed by atoms with E-state index in [1.54, 1.807) is 25.1 Å². The van der Waals surface area contributed by atoms with Gasteiger partial charge in [0.1, 0.15) is 11.6 Å². The van der Waals surface area contributed by atoms with Crippen molar-refractivity contribution < 1.29 is 18.4 Å². The van der Waals surface area contributed by atoms with E-state index in [0.717, 1.165) is 31.6 Å². The number of aryl methyl sites for hydroxylation is 1. The smallest absolute Gasteiger partial charge is 0.255 e. The van der Waals surface area contributed by atoms with E-state index >= 15 is 0 Å². The molecule has 2 N–H and O–H groups in total. The second-order valence-electron chi connectivity index (χ2n) is 6.54. The van der Waals surface area contributed by atoms with Crippen LogP contribution in [0.25, 0.3) is 0 Å². The molecule has 0 spiro atoms. The van der Waals surface area contributed by atoms with E-state index in [4.69, 9.17) is 0 Å². The fourth-order valence-electron chi connectivity index (χ4n) is 3.05. The maximum atomic E-state index is 13.3. The predicted molar refractivity (Wildman–Crippen MR) is 98.9 cm³/mol. The molecule has 0 bridgehead atoms. The van der Waals surface area contributed by atoms with Gasteiger partial charge in [0.2, 0.25) is 0 Å². The summed E-state index contributed by atoms with van der Waals surface area (Å²) in [6.45, 7) is 4.79. The topological polar surface area (TPSA) is 61.4 Å². The minimum Gasteiger partial charge on any atom is -0.337 e. The lowest BCUT2D eigenvalue weighted by Gasteiger charge is -2.20. The van der Waals surface area contributed by atoms with Gasteiger partial charge in [-0.15, -0.1) is 0 Å². The zero-order valence-corrected chi connectivity index (χ0v) is 15.0. The normalized spacial score (nSPS) is 14.6.